The van der Waals surface area contributed by atoms with Gasteiger partial charge in [0.1, 0.15) is 5.65 Å². The molecule has 2 aliphatic heterocycles. The standard InChI is InChI=1S/C22H32N4O2/c1-4-20(27)26-10-6-7-17(13-26)21-19(18-8-5-9-23-22(18)24-21)14-25-11-15(2)28-16(3)12-25/h5,8-9,15-17H,4,6-7,10-14H2,1-3H3,(H,23,24)/t15-,16+,17-/m1/s1. The Morgan fingerprint density at radius 1 is 1.29 bits per heavy atom. The summed E-state index contributed by atoms with van der Waals surface area (Å²) in [4.78, 5) is 25.0. The van der Waals surface area contributed by atoms with E-state index in [0.717, 1.165) is 51.2 Å². The maximum atomic E-state index is 12.3. The first-order valence-corrected chi connectivity index (χ1v) is 10.7. The van der Waals surface area contributed by atoms with Crippen LogP contribution in [0.4, 0.5) is 0 Å². The molecule has 4 rings (SSSR count). The molecule has 2 aliphatic rings. The van der Waals surface area contributed by atoms with E-state index >= 15 is 0 Å². The molecule has 0 spiro atoms. The highest BCUT2D eigenvalue weighted by atomic mass is 16.5. The van der Waals surface area contributed by atoms with Gasteiger partial charge in [-0.05, 0) is 44.4 Å². The molecule has 2 fully saturated rings. The number of carbonyl (C=O) groups excluding carboxylic acids is 1. The normalized spacial score (nSPS) is 26.7. The van der Waals surface area contributed by atoms with Crippen molar-refractivity contribution in [3.8, 4) is 0 Å². The van der Waals surface area contributed by atoms with E-state index in [2.05, 4.69) is 34.8 Å². The van der Waals surface area contributed by atoms with Crippen molar-refractivity contribution in [2.24, 2.45) is 0 Å². The molecule has 1 amide bonds. The van der Waals surface area contributed by atoms with Crippen LogP contribution < -0.4 is 0 Å². The van der Waals surface area contributed by atoms with Crippen LogP contribution in [0.1, 0.15) is 57.2 Å². The van der Waals surface area contributed by atoms with E-state index in [4.69, 9.17) is 4.74 Å². The van der Waals surface area contributed by atoms with Crippen LogP contribution in [0.15, 0.2) is 18.3 Å². The molecular formula is C22H32N4O2. The number of nitrogens with zero attached hydrogens (tertiary/aromatic N) is 3. The van der Waals surface area contributed by atoms with Crippen LogP contribution in [0.2, 0.25) is 0 Å². The molecule has 3 atom stereocenters. The second-order valence-corrected chi connectivity index (χ2v) is 8.40. The molecule has 152 valence electrons. The molecule has 2 aromatic heterocycles. The van der Waals surface area contributed by atoms with Gasteiger partial charge in [-0.15, -0.1) is 0 Å². The van der Waals surface area contributed by atoms with Crippen LogP contribution in [0.25, 0.3) is 11.0 Å². The third-order valence-corrected chi connectivity index (χ3v) is 6.07. The smallest absolute Gasteiger partial charge is 0.222 e. The number of aromatic amines is 1. The average Bonchev–Trinajstić information content (AvgIpc) is 3.05. The van der Waals surface area contributed by atoms with Gasteiger partial charge in [0, 0.05) is 62.3 Å². The highest BCUT2D eigenvalue weighted by molar-refractivity contribution is 5.81. The Bertz CT molecular complexity index is 823. The van der Waals surface area contributed by atoms with Crippen LogP contribution in [0.5, 0.6) is 0 Å². The summed E-state index contributed by atoms with van der Waals surface area (Å²) in [6, 6.07) is 4.19. The number of rotatable bonds is 4. The molecule has 4 heterocycles. The molecule has 1 N–H and O–H groups in total. The van der Waals surface area contributed by atoms with Gasteiger partial charge in [0.15, 0.2) is 0 Å². The van der Waals surface area contributed by atoms with E-state index < -0.39 is 0 Å². The summed E-state index contributed by atoms with van der Waals surface area (Å²) in [6.07, 6.45) is 5.11. The van der Waals surface area contributed by atoms with Crippen molar-refractivity contribution in [2.75, 3.05) is 26.2 Å². The van der Waals surface area contributed by atoms with Gasteiger partial charge in [0.25, 0.3) is 0 Å². The van der Waals surface area contributed by atoms with Crippen molar-refractivity contribution in [1.29, 1.82) is 0 Å². The van der Waals surface area contributed by atoms with Gasteiger partial charge < -0.3 is 14.6 Å². The molecule has 0 radical (unpaired) electrons. The number of amides is 1. The SMILES string of the molecule is CCC(=O)N1CCC[C@@H](c2[nH]c3ncccc3c2CN2C[C@@H](C)O[C@@H](C)C2)C1. The number of aromatic nitrogens is 2. The number of H-pyrrole nitrogens is 1. The second-order valence-electron chi connectivity index (χ2n) is 8.40. The van der Waals surface area contributed by atoms with Crippen molar-refractivity contribution < 1.29 is 9.53 Å². The van der Waals surface area contributed by atoms with E-state index in [1.807, 2.05) is 24.1 Å². The van der Waals surface area contributed by atoms with E-state index in [0.29, 0.717) is 12.3 Å². The van der Waals surface area contributed by atoms with Crippen LogP contribution in [-0.4, -0.2) is 64.1 Å². The third kappa shape index (κ3) is 3.94. The monoisotopic (exact) mass is 384 g/mol. The molecule has 2 aromatic rings. The lowest BCUT2D eigenvalue weighted by Gasteiger charge is -2.36. The van der Waals surface area contributed by atoms with E-state index in [9.17, 15) is 4.79 Å². The fourth-order valence-electron chi connectivity index (χ4n) is 4.92. The molecule has 0 aromatic carbocycles. The number of ether oxygens (including phenoxy) is 1. The average molecular weight is 385 g/mol. The molecule has 6 nitrogen and oxygen atoms in total. The molecule has 28 heavy (non-hydrogen) atoms. The topological polar surface area (TPSA) is 61.5 Å². The molecule has 0 bridgehead atoms. The largest absolute Gasteiger partial charge is 0.373 e. The Labute approximate surface area is 167 Å². The first-order valence-electron chi connectivity index (χ1n) is 10.7. The summed E-state index contributed by atoms with van der Waals surface area (Å²) < 4.78 is 5.92. The van der Waals surface area contributed by atoms with Gasteiger partial charge in [-0.25, -0.2) is 4.98 Å². The Balaban J connectivity index is 1.64. The van der Waals surface area contributed by atoms with Crippen molar-refractivity contribution in [3.05, 3.63) is 29.6 Å². The number of likely N-dealkylation sites (tertiary alicyclic amines) is 1. The zero-order chi connectivity index (χ0) is 19.7. The number of morpholine rings is 1. The highest BCUT2D eigenvalue weighted by Crippen LogP contribution is 2.34. The number of piperidine rings is 1. The van der Waals surface area contributed by atoms with E-state index in [1.54, 1.807) is 0 Å². The summed E-state index contributed by atoms with van der Waals surface area (Å²) in [5.74, 6) is 0.612. The fourth-order valence-corrected chi connectivity index (χ4v) is 4.92. The van der Waals surface area contributed by atoms with Gasteiger partial charge in [0.2, 0.25) is 5.91 Å². The lowest BCUT2D eigenvalue weighted by Crippen LogP contribution is -2.45. The van der Waals surface area contributed by atoms with Crippen LogP contribution in [-0.2, 0) is 16.1 Å². The zero-order valence-electron chi connectivity index (χ0n) is 17.3. The van der Waals surface area contributed by atoms with Gasteiger partial charge in [-0.2, -0.15) is 0 Å². The predicted octanol–water partition coefficient (Wildman–Crippen LogP) is 3.29. The number of carbonyl (C=O) groups is 1. The van der Waals surface area contributed by atoms with Crippen LogP contribution in [0.3, 0.4) is 0 Å². The summed E-state index contributed by atoms with van der Waals surface area (Å²) in [6.45, 7) is 10.7. The maximum absolute atomic E-state index is 12.3. The minimum absolute atomic E-state index is 0.253. The number of nitrogens with one attached hydrogen (secondary N) is 1. The number of fused-ring (bicyclic) bond motifs is 1. The quantitative estimate of drug-likeness (QED) is 0.879. The Morgan fingerprint density at radius 2 is 2.07 bits per heavy atom. The highest BCUT2D eigenvalue weighted by Gasteiger charge is 2.30. The number of pyridine rings is 1. The van der Waals surface area contributed by atoms with Gasteiger partial charge >= 0.3 is 0 Å². The Morgan fingerprint density at radius 3 is 2.82 bits per heavy atom. The van der Waals surface area contributed by atoms with Crippen molar-refractivity contribution >= 4 is 16.9 Å². The zero-order valence-corrected chi connectivity index (χ0v) is 17.3. The number of hydrogen-bond acceptors (Lipinski definition) is 4. The lowest BCUT2D eigenvalue weighted by molar-refractivity contribution is -0.132. The first kappa shape index (κ1) is 19.4. The van der Waals surface area contributed by atoms with Crippen molar-refractivity contribution in [3.63, 3.8) is 0 Å². The minimum Gasteiger partial charge on any atom is -0.373 e. The van der Waals surface area contributed by atoms with Gasteiger partial charge in [0.05, 0.1) is 12.2 Å². The minimum atomic E-state index is 0.253. The molecule has 2 saturated heterocycles. The van der Waals surface area contributed by atoms with Crippen molar-refractivity contribution in [1.82, 2.24) is 19.8 Å². The van der Waals surface area contributed by atoms with Gasteiger partial charge in [-0.3, -0.25) is 9.69 Å². The van der Waals surface area contributed by atoms with Crippen LogP contribution in [0, 0.1) is 0 Å². The molecular weight excluding hydrogens is 352 g/mol. The predicted molar refractivity (Wildman–Crippen MR) is 110 cm³/mol. The molecule has 6 heteroatoms. The van der Waals surface area contributed by atoms with Gasteiger partial charge in [-0.1, -0.05) is 6.92 Å². The molecule has 0 saturated carbocycles. The Hall–Kier alpha value is -1.92. The number of hydrogen-bond donors (Lipinski definition) is 1. The summed E-state index contributed by atoms with van der Waals surface area (Å²) in [7, 11) is 0. The lowest BCUT2D eigenvalue weighted by atomic mass is 9.91. The fraction of sp³-hybridized carbons (Fsp3) is 0.636. The first-order chi connectivity index (χ1) is 13.5. The third-order valence-electron chi connectivity index (χ3n) is 6.07. The van der Waals surface area contributed by atoms with Crippen molar-refractivity contribution in [2.45, 2.75) is 64.7 Å². The van der Waals surface area contributed by atoms with E-state index in [1.165, 1.54) is 16.6 Å². The second kappa shape index (κ2) is 8.21. The molecule has 0 aliphatic carbocycles. The summed E-state index contributed by atoms with van der Waals surface area (Å²) >= 11 is 0. The summed E-state index contributed by atoms with van der Waals surface area (Å²) in [5, 5.41) is 1.21. The maximum Gasteiger partial charge on any atom is 0.222 e. The molecule has 0 unspecified atom stereocenters. The van der Waals surface area contributed by atoms with Crippen LogP contribution >= 0.6 is 0 Å². The summed E-state index contributed by atoms with van der Waals surface area (Å²) in [5.41, 5.74) is 3.58. The van der Waals surface area contributed by atoms with E-state index in [-0.39, 0.29) is 18.1 Å². The Kier molecular flexibility index (Phi) is 5.69.